The SMILES string of the molecule is CC1CC1NC(=O)C/C(N)=N/O. The monoisotopic (exact) mass is 171 g/mol. The van der Waals surface area contributed by atoms with Gasteiger partial charge in [0.05, 0.1) is 6.42 Å². The Hall–Kier alpha value is -1.26. The van der Waals surface area contributed by atoms with Gasteiger partial charge in [-0.2, -0.15) is 0 Å². The molecular weight excluding hydrogens is 158 g/mol. The molecule has 1 saturated carbocycles. The highest BCUT2D eigenvalue weighted by molar-refractivity contribution is 5.98. The average Bonchev–Trinajstić information content (AvgIpc) is 2.66. The molecule has 0 bridgehead atoms. The van der Waals surface area contributed by atoms with E-state index in [4.69, 9.17) is 10.9 Å². The lowest BCUT2D eigenvalue weighted by atomic mass is 10.3. The highest BCUT2D eigenvalue weighted by Crippen LogP contribution is 2.28. The van der Waals surface area contributed by atoms with E-state index < -0.39 is 0 Å². The molecule has 0 aromatic rings. The van der Waals surface area contributed by atoms with Crippen molar-refractivity contribution in [1.29, 1.82) is 0 Å². The molecule has 1 aliphatic carbocycles. The summed E-state index contributed by atoms with van der Waals surface area (Å²) < 4.78 is 0. The number of carbonyl (C=O) groups excluding carboxylic acids is 1. The number of nitrogens with zero attached hydrogens (tertiary/aromatic N) is 1. The van der Waals surface area contributed by atoms with Gasteiger partial charge in [-0.15, -0.1) is 0 Å². The molecule has 0 spiro atoms. The molecule has 1 aliphatic rings. The Morgan fingerprint density at radius 2 is 2.42 bits per heavy atom. The molecule has 2 atom stereocenters. The lowest BCUT2D eigenvalue weighted by Gasteiger charge is -2.01. The first kappa shape index (κ1) is 8.83. The molecule has 12 heavy (non-hydrogen) atoms. The Balaban J connectivity index is 2.21. The van der Waals surface area contributed by atoms with E-state index in [0.29, 0.717) is 12.0 Å². The molecule has 4 N–H and O–H groups in total. The maximum atomic E-state index is 11.0. The van der Waals surface area contributed by atoms with Crippen LogP contribution < -0.4 is 11.1 Å². The smallest absolute Gasteiger partial charge is 0.227 e. The largest absolute Gasteiger partial charge is 0.409 e. The van der Waals surface area contributed by atoms with Crippen LogP contribution in [0.5, 0.6) is 0 Å². The Kier molecular flexibility index (Phi) is 2.52. The summed E-state index contributed by atoms with van der Waals surface area (Å²) in [5.74, 6) is 0.335. The van der Waals surface area contributed by atoms with Gasteiger partial charge in [-0.3, -0.25) is 4.79 Å². The highest BCUT2D eigenvalue weighted by Gasteiger charge is 2.33. The zero-order chi connectivity index (χ0) is 9.14. The molecule has 1 fully saturated rings. The van der Waals surface area contributed by atoms with Gasteiger partial charge >= 0.3 is 0 Å². The maximum absolute atomic E-state index is 11.0. The van der Waals surface area contributed by atoms with E-state index in [-0.39, 0.29) is 18.2 Å². The molecule has 1 amide bonds. The van der Waals surface area contributed by atoms with Crippen LogP contribution in [-0.2, 0) is 4.79 Å². The molecule has 0 saturated heterocycles. The first-order valence-electron chi connectivity index (χ1n) is 3.89. The minimum atomic E-state index is -0.181. The molecular formula is C7H13N3O2. The minimum absolute atomic E-state index is 0.0281. The van der Waals surface area contributed by atoms with Gasteiger partial charge in [0.15, 0.2) is 0 Å². The molecule has 0 heterocycles. The molecule has 0 radical (unpaired) electrons. The lowest BCUT2D eigenvalue weighted by Crippen LogP contribution is -2.30. The molecule has 0 aromatic carbocycles. The van der Waals surface area contributed by atoms with Crippen molar-refractivity contribution in [1.82, 2.24) is 5.32 Å². The van der Waals surface area contributed by atoms with Crippen molar-refractivity contribution in [2.45, 2.75) is 25.8 Å². The molecule has 5 nitrogen and oxygen atoms in total. The highest BCUT2D eigenvalue weighted by atomic mass is 16.4. The van der Waals surface area contributed by atoms with E-state index >= 15 is 0 Å². The van der Waals surface area contributed by atoms with Crippen LogP contribution in [-0.4, -0.2) is 23.0 Å². The number of nitrogens with two attached hydrogens (primary N) is 1. The third-order valence-corrected chi connectivity index (χ3v) is 1.93. The first-order chi connectivity index (χ1) is 5.63. The third kappa shape index (κ3) is 2.41. The van der Waals surface area contributed by atoms with Gasteiger partial charge in [-0.25, -0.2) is 0 Å². The van der Waals surface area contributed by atoms with Gasteiger partial charge in [-0.1, -0.05) is 12.1 Å². The van der Waals surface area contributed by atoms with Crippen LogP contribution in [0.4, 0.5) is 0 Å². The summed E-state index contributed by atoms with van der Waals surface area (Å²) in [6.07, 6.45) is 1.00. The summed E-state index contributed by atoms with van der Waals surface area (Å²) >= 11 is 0. The summed E-state index contributed by atoms with van der Waals surface area (Å²) in [5.41, 5.74) is 5.14. The van der Waals surface area contributed by atoms with Crippen LogP contribution in [0.15, 0.2) is 5.16 Å². The van der Waals surface area contributed by atoms with E-state index in [1.807, 2.05) is 0 Å². The molecule has 5 heteroatoms. The fourth-order valence-electron chi connectivity index (χ4n) is 0.981. The fourth-order valence-corrected chi connectivity index (χ4v) is 0.981. The van der Waals surface area contributed by atoms with Crippen molar-refractivity contribution in [3.05, 3.63) is 0 Å². The number of hydrogen-bond donors (Lipinski definition) is 3. The maximum Gasteiger partial charge on any atom is 0.227 e. The molecule has 1 rings (SSSR count). The van der Waals surface area contributed by atoms with Gasteiger partial charge < -0.3 is 16.3 Å². The number of carbonyl (C=O) groups is 1. The average molecular weight is 171 g/mol. The van der Waals surface area contributed by atoms with E-state index in [0.717, 1.165) is 6.42 Å². The number of nitrogens with one attached hydrogen (secondary N) is 1. The predicted molar refractivity (Wildman–Crippen MR) is 43.7 cm³/mol. The molecule has 0 aliphatic heterocycles. The molecule has 68 valence electrons. The zero-order valence-corrected chi connectivity index (χ0v) is 6.95. The van der Waals surface area contributed by atoms with Crippen molar-refractivity contribution in [2.75, 3.05) is 0 Å². The van der Waals surface area contributed by atoms with Gasteiger partial charge in [0.25, 0.3) is 0 Å². The summed E-state index contributed by atoms with van der Waals surface area (Å²) in [6.45, 7) is 2.06. The number of hydrogen-bond acceptors (Lipinski definition) is 3. The minimum Gasteiger partial charge on any atom is -0.409 e. The lowest BCUT2D eigenvalue weighted by molar-refractivity contribution is -0.120. The second kappa shape index (κ2) is 3.42. The van der Waals surface area contributed by atoms with Crippen molar-refractivity contribution < 1.29 is 10.0 Å². The van der Waals surface area contributed by atoms with E-state index in [9.17, 15) is 4.79 Å². The normalized spacial score (nSPS) is 28.2. The predicted octanol–water partition coefficient (Wildman–Crippen LogP) is -0.352. The summed E-state index contributed by atoms with van der Waals surface area (Å²) in [5, 5.41) is 13.6. The van der Waals surface area contributed by atoms with Crippen LogP contribution in [0.3, 0.4) is 0 Å². The van der Waals surface area contributed by atoms with Gasteiger partial charge in [0, 0.05) is 6.04 Å². The Bertz CT molecular complexity index is 215. The standard InChI is InChI=1S/C7H13N3O2/c1-4-2-5(4)9-7(11)3-6(8)10-12/h4-5,12H,2-3H2,1H3,(H2,8,10)(H,9,11). The molecule has 2 unspecified atom stereocenters. The second-order valence-electron chi connectivity index (χ2n) is 3.16. The van der Waals surface area contributed by atoms with Crippen molar-refractivity contribution in [3.8, 4) is 0 Å². The van der Waals surface area contributed by atoms with Crippen LogP contribution in [0.25, 0.3) is 0 Å². The summed E-state index contributed by atoms with van der Waals surface area (Å²) in [7, 11) is 0. The Labute approximate surface area is 70.6 Å². The quantitative estimate of drug-likeness (QED) is 0.235. The number of amides is 1. The third-order valence-electron chi connectivity index (χ3n) is 1.93. The number of rotatable bonds is 3. The number of amidine groups is 1. The van der Waals surface area contributed by atoms with E-state index in [2.05, 4.69) is 17.4 Å². The van der Waals surface area contributed by atoms with Gasteiger partial charge in [0.1, 0.15) is 5.84 Å². The van der Waals surface area contributed by atoms with Crippen molar-refractivity contribution in [2.24, 2.45) is 16.8 Å². The first-order valence-corrected chi connectivity index (χ1v) is 3.89. The Morgan fingerprint density at radius 1 is 1.83 bits per heavy atom. The van der Waals surface area contributed by atoms with Crippen LogP contribution in [0.1, 0.15) is 19.8 Å². The van der Waals surface area contributed by atoms with E-state index in [1.165, 1.54) is 0 Å². The van der Waals surface area contributed by atoms with E-state index in [1.54, 1.807) is 0 Å². The van der Waals surface area contributed by atoms with Crippen LogP contribution in [0, 0.1) is 5.92 Å². The topological polar surface area (TPSA) is 87.7 Å². The summed E-state index contributed by atoms with van der Waals surface area (Å²) in [6, 6.07) is 0.295. The Morgan fingerprint density at radius 3 is 2.83 bits per heavy atom. The number of oxime groups is 1. The van der Waals surface area contributed by atoms with Crippen LogP contribution >= 0.6 is 0 Å². The van der Waals surface area contributed by atoms with Gasteiger partial charge in [-0.05, 0) is 12.3 Å². The second-order valence-corrected chi connectivity index (χ2v) is 3.16. The summed E-state index contributed by atoms with van der Waals surface area (Å²) in [4.78, 5) is 11.0. The zero-order valence-electron chi connectivity index (χ0n) is 6.95. The molecule has 0 aromatic heterocycles. The van der Waals surface area contributed by atoms with Crippen molar-refractivity contribution >= 4 is 11.7 Å². The van der Waals surface area contributed by atoms with Crippen LogP contribution in [0.2, 0.25) is 0 Å². The van der Waals surface area contributed by atoms with Crippen molar-refractivity contribution in [3.63, 3.8) is 0 Å². The fraction of sp³-hybridized carbons (Fsp3) is 0.714. The van der Waals surface area contributed by atoms with Gasteiger partial charge in [0.2, 0.25) is 5.91 Å².